The predicted molar refractivity (Wildman–Crippen MR) is 163 cm³/mol. The number of rotatable bonds is 9. The van der Waals surface area contributed by atoms with Gasteiger partial charge in [-0.05, 0) is 62.6 Å². The van der Waals surface area contributed by atoms with E-state index in [-0.39, 0.29) is 33.8 Å². The molecule has 0 radical (unpaired) electrons. The Hall–Kier alpha value is -3.26. The minimum Gasteiger partial charge on any atom is -0.424 e. The second kappa shape index (κ2) is 11.6. The number of hydrogen-bond donors (Lipinski definition) is 1. The first-order valence-corrected chi connectivity index (χ1v) is 14.7. The van der Waals surface area contributed by atoms with Gasteiger partial charge in [-0.15, -0.1) is 0 Å². The third-order valence-electron chi connectivity index (χ3n) is 7.76. The molecule has 0 bridgehead atoms. The van der Waals surface area contributed by atoms with Crippen LogP contribution in [0.15, 0.2) is 54.6 Å². The Labute approximate surface area is 254 Å². The number of carbonyl (C=O) groups excluding carboxylic acids is 3. The molecule has 10 heteroatoms. The first-order chi connectivity index (χ1) is 19.6. The van der Waals surface area contributed by atoms with E-state index in [0.29, 0.717) is 16.4 Å². The number of hydrogen-bond acceptors (Lipinski definition) is 5. The lowest BCUT2D eigenvalue weighted by Crippen LogP contribution is -2.34. The maximum Gasteiger partial charge on any atom is 0.315 e. The van der Waals surface area contributed by atoms with E-state index in [1.54, 1.807) is 54.3 Å². The van der Waals surface area contributed by atoms with E-state index in [0.717, 1.165) is 37.2 Å². The standard InChI is InChI=1S/C31H30Cl3N3O4/c1-4-36(5-2)19-15-22(33)26(23(34)16-19)28(38)35-17-18(3)29(39)41-25-12-7-6-11-24(25)37-27-20(9-8-10-21(27)32)31(13-14-31)30(37)40/h6-12,15-16,18H,4-5,13-14,17H2,1-3H3,(H,35,38)/t18-/m0/s1. The van der Waals surface area contributed by atoms with Crippen molar-refractivity contribution in [3.8, 4) is 5.75 Å². The summed E-state index contributed by atoms with van der Waals surface area (Å²) in [6.07, 6.45) is 1.50. The first kappa shape index (κ1) is 29.2. The molecule has 41 heavy (non-hydrogen) atoms. The second-order valence-electron chi connectivity index (χ2n) is 10.3. The van der Waals surface area contributed by atoms with Crippen molar-refractivity contribution >= 4 is 69.6 Å². The van der Waals surface area contributed by atoms with Crippen molar-refractivity contribution in [3.05, 3.63) is 80.8 Å². The smallest absolute Gasteiger partial charge is 0.315 e. The number of esters is 1. The zero-order valence-electron chi connectivity index (χ0n) is 23.0. The largest absolute Gasteiger partial charge is 0.424 e. The fourth-order valence-electron chi connectivity index (χ4n) is 5.30. The molecule has 3 aromatic rings. The van der Waals surface area contributed by atoms with Gasteiger partial charge >= 0.3 is 5.97 Å². The van der Waals surface area contributed by atoms with Crippen LogP contribution in [0.1, 0.15) is 49.5 Å². The summed E-state index contributed by atoms with van der Waals surface area (Å²) >= 11 is 19.4. The highest BCUT2D eigenvalue weighted by Gasteiger charge is 2.60. The van der Waals surface area contributed by atoms with Crippen LogP contribution >= 0.6 is 34.8 Å². The number of para-hydroxylation sites is 3. The summed E-state index contributed by atoms with van der Waals surface area (Å²) in [5.41, 5.74) is 2.36. The number of nitrogens with zero attached hydrogens (tertiary/aromatic N) is 2. The fraction of sp³-hybridized carbons (Fsp3) is 0.323. The zero-order valence-corrected chi connectivity index (χ0v) is 25.2. The highest BCUT2D eigenvalue weighted by Crippen LogP contribution is 2.61. The summed E-state index contributed by atoms with van der Waals surface area (Å²) in [5, 5.41) is 3.64. The van der Waals surface area contributed by atoms with Gasteiger partial charge in [0.05, 0.1) is 43.3 Å². The highest BCUT2D eigenvalue weighted by atomic mass is 35.5. The van der Waals surface area contributed by atoms with E-state index in [2.05, 4.69) is 10.2 Å². The quantitative estimate of drug-likeness (QED) is 0.204. The molecule has 7 nitrogen and oxygen atoms in total. The van der Waals surface area contributed by atoms with Crippen LogP contribution in [0.2, 0.25) is 15.1 Å². The molecule has 2 aliphatic rings. The Bertz CT molecular complexity index is 1510. The Morgan fingerprint density at radius 2 is 1.66 bits per heavy atom. The molecule has 1 aliphatic heterocycles. The van der Waals surface area contributed by atoms with E-state index >= 15 is 0 Å². The summed E-state index contributed by atoms with van der Waals surface area (Å²) < 4.78 is 5.78. The summed E-state index contributed by atoms with van der Waals surface area (Å²) in [7, 11) is 0. The summed E-state index contributed by atoms with van der Waals surface area (Å²) in [4.78, 5) is 43.3. The number of fused-ring (bicyclic) bond motifs is 2. The summed E-state index contributed by atoms with van der Waals surface area (Å²) in [5.74, 6) is -1.62. The van der Waals surface area contributed by atoms with Gasteiger partial charge < -0.3 is 15.0 Å². The number of ether oxygens (including phenoxy) is 1. The Morgan fingerprint density at radius 3 is 2.29 bits per heavy atom. The molecular weight excluding hydrogens is 585 g/mol. The number of amides is 2. The predicted octanol–water partition coefficient (Wildman–Crippen LogP) is 7.17. The lowest BCUT2D eigenvalue weighted by atomic mass is 9.98. The number of benzene rings is 3. The molecule has 0 unspecified atom stereocenters. The molecule has 5 rings (SSSR count). The van der Waals surface area contributed by atoms with Gasteiger partial charge in [-0.25, -0.2) is 0 Å². The summed E-state index contributed by atoms with van der Waals surface area (Å²) in [6.45, 7) is 7.21. The molecule has 1 saturated carbocycles. The SMILES string of the molecule is CCN(CC)c1cc(Cl)c(C(=O)NC[C@H](C)C(=O)Oc2ccccc2N2C(=O)C3(CC3)c3cccc(Cl)c32)c(Cl)c1. The molecule has 1 spiro atoms. The van der Waals surface area contributed by atoms with Crippen molar-refractivity contribution in [1.29, 1.82) is 0 Å². The average Bonchev–Trinajstić information content (AvgIpc) is 3.71. The molecule has 1 fully saturated rings. The van der Waals surface area contributed by atoms with Crippen molar-refractivity contribution in [2.45, 2.75) is 39.0 Å². The van der Waals surface area contributed by atoms with Crippen LogP contribution in [0, 0.1) is 5.92 Å². The van der Waals surface area contributed by atoms with Crippen LogP contribution in [-0.2, 0) is 15.0 Å². The number of anilines is 3. The Balaban J connectivity index is 1.30. The van der Waals surface area contributed by atoms with Gasteiger partial charge in [-0.2, -0.15) is 0 Å². The molecule has 3 aromatic carbocycles. The molecular formula is C31H30Cl3N3O4. The van der Waals surface area contributed by atoms with E-state index < -0.39 is 23.2 Å². The van der Waals surface area contributed by atoms with Crippen LogP contribution < -0.4 is 19.9 Å². The lowest BCUT2D eigenvalue weighted by Gasteiger charge is -2.23. The topological polar surface area (TPSA) is 79.0 Å². The summed E-state index contributed by atoms with van der Waals surface area (Å²) in [6, 6.07) is 15.8. The third-order valence-corrected chi connectivity index (χ3v) is 8.66. The third kappa shape index (κ3) is 5.27. The highest BCUT2D eigenvalue weighted by molar-refractivity contribution is 6.40. The van der Waals surface area contributed by atoms with E-state index in [1.165, 1.54) is 0 Å². The van der Waals surface area contributed by atoms with Gasteiger partial charge in [0.15, 0.2) is 5.75 Å². The van der Waals surface area contributed by atoms with Crippen molar-refractivity contribution in [2.24, 2.45) is 5.92 Å². The molecule has 2 amide bonds. The average molecular weight is 615 g/mol. The van der Waals surface area contributed by atoms with Crippen LogP contribution in [0.5, 0.6) is 5.75 Å². The second-order valence-corrected chi connectivity index (χ2v) is 11.5. The van der Waals surface area contributed by atoms with Gasteiger partial charge in [0, 0.05) is 25.3 Å². The van der Waals surface area contributed by atoms with Gasteiger partial charge in [-0.3, -0.25) is 19.3 Å². The van der Waals surface area contributed by atoms with E-state index in [4.69, 9.17) is 39.5 Å². The van der Waals surface area contributed by atoms with Crippen LogP contribution in [0.4, 0.5) is 17.1 Å². The van der Waals surface area contributed by atoms with Gasteiger partial charge in [0.25, 0.3) is 5.91 Å². The van der Waals surface area contributed by atoms with Crippen molar-refractivity contribution < 1.29 is 19.1 Å². The van der Waals surface area contributed by atoms with Gasteiger partial charge in [-0.1, -0.05) is 66.0 Å². The van der Waals surface area contributed by atoms with Crippen LogP contribution in [-0.4, -0.2) is 37.4 Å². The Kier molecular flexibility index (Phi) is 8.24. The number of nitrogens with one attached hydrogen (secondary N) is 1. The fourth-order valence-corrected chi connectivity index (χ4v) is 6.21. The maximum atomic E-state index is 13.6. The number of halogens is 3. The van der Waals surface area contributed by atoms with Gasteiger partial charge in [0.2, 0.25) is 5.91 Å². The maximum absolute atomic E-state index is 13.6. The molecule has 1 heterocycles. The molecule has 1 aliphatic carbocycles. The number of carbonyl (C=O) groups is 3. The van der Waals surface area contributed by atoms with Crippen molar-refractivity contribution in [1.82, 2.24) is 5.32 Å². The normalized spacial score (nSPS) is 15.5. The molecule has 0 saturated heterocycles. The molecule has 1 N–H and O–H groups in total. The minimum absolute atomic E-state index is 0.00922. The monoisotopic (exact) mass is 613 g/mol. The van der Waals surface area contributed by atoms with Crippen LogP contribution in [0.25, 0.3) is 0 Å². The molecule has 0 aromatic heterocycles. The molecule has 214 valence electrons. The van der Waals surface area contributed by atoms with Gasteiger partial charge in [0.1, 0.15) is 0 Å². The first-order valence-electron chi connectivity index (χ1n) is 13.6. The Morgan fingerprint density at radius 1 is 1.00 bits per heavy atom. The molecule has 1 atom stereocenters. The lowest BCUT2D eigenvalue weighted by molar-refractivity contribution is -0.138. The van der Waals surface area contributed by atoms with E-state index in [1.807, 2.05) is 26.0 Å². The van der Waals surface area contributed by atoms with Crippen molar-refractivity contribution in [2.75, 3.05) is 29.4 Å². The zero-order chi connectivity index (χ0) is 29.5. The van der Waals surface area contributed by atoms with Crippen LogP contribution in [0.3, 0.4) is 0 Å². The minimum atomic E-state index is -0.709. The van der Waals surface area contributed by atoms with E-state index in [9.17, 15) is 14.4 Å². The van der Waals surface area contributed by atoms with Crippen molar-refractivity contribution in [3.63, 3.8) is 0 Å².